The highest BCUT2D eigenvalue weighted by Crippen LogP contribution is 2.22. The number of rotatable bonds is 3. The predicted octanol–water partition coefficient (Wildman–Crippen LogP) is 2.26. The van der Waals surface area contributed by atoms with Gasteiger partial charge in [0.1, 0.15) is 17.5 Å². The fraction of sp³-hybridized carbons (Fsp3) is 0.476. The normalized spacial score (nSPS) is 18.2. The summed E-state index contributed by atoms with van der Waals surface area (Å²) in [5.41, 5.74) is 0.733. The topological polar surface area (TPSA) is 55.8 Å². The predicted molar refractivity (Wildman–Crippen MR) is 119 cm³/mol. The number of aryl methyl sites for hydroxylation is 1. The molecule has 0 unspecified atom stereocenters. The van der Waals surface area contributed by atoms with Gasteiger partial charge in [0.25, 0.3) is 5.91 Å². The molecule has 0 radical (unpaired) electrons. The van der Waals surface area contributed by atoms with Gasteiger partial charge in [-0.3, -0.25) is 4.79 Å². The maximum Gasteiger partial charge on any atom is 0.253 e. The van der Waals surface area contributed by atoms with E-state index in [9.17, 15) is 4.79 Å². The summed E-state index contributed by atoms with van der Waals surface area (Å²) in [6.45, 7) is 8.98. The Morgan fingerprint density at radius 3 is 1.93 bits per heavy atom. The molecule has 2 aliphatic rings. The summed E-state index contributed by atoms with van der Waals surface area (Å²) in [5.74, 6) is 2.86. The van der Waals surface area contributed by atoms with Crippen LogP contribution in [0.2, 0.25) is 0 Å². The number of halogens is 1. The summed E-state index contributed by atoms with van der Waals surface area (Å²) in [5, 5.41) is 0. The number of hydrogen-bond donors (Lipinski definition) is 0. The van der Waals surface area contributed by atoms with Gasteiger partial charge in [-0.05, 0) is 38.2 Å². The molecule has 8 heteroatoms. The van der Waals surface area contributed by atoms with Crippen LogP contribution in [-0.4, -0.2) is 85.1 Å². The lowest BCUT2D eigenvalue weighted by Crippen LogP contribution is -2.49. The molecule has 7 nitrogen and oxygen atoms in total. The lowest BCUT2D eigenvalue weighted by molar-refractivity contribution is 0.0746. The van der Waals surface area contributed by atoms with Gasteiger partial charge < -0.3 is 19.6 Å². The maximum atomic E-state index is 12.8. The largest absolute Gasteiger partial charge is 0.354 e. The number of amides is 1. The van der Waals surface area contributed by atoms with Crippen molar-refractivity contribution in [1.29, 1.82) is 0 Å². The molecule has 0 bridgehead atoms. The van der Waals surface area contributed by atoms with Crippen molar-refractivity contribution in [3.63, 3.8) is 0 Å². The molecule has 29 heavy (non-hydrogen) atoms. The van der Waals surface area contributed by atoms with E-state index in [2.05, 4.69) is 53.7 Å². The van der Waals surface area contributed by atoms with Gasteiger partial charge in [0.05, 0.1) is 0 Å². The van der Waals surface area contributed by atoms with E-state index < -0.39 is 0 Å². The molecule has 0 aliphatic carbocycles. The first-order valence-electron chi connectivity index (χ1n) is 10.1. The van der Waals surface area contributed by atoms with E-state index >= 15 is 0 Å². The summed E-state index contributed by atoms with van der Waals surface area (Å²) < 4.78 is 0.981. The molecule has 0 saturated carbocycles. The Hall–Kier alpha value is -2.19. The van der Waals surface area contributed by atoms with Crippen LogP contribution in [-0.2, 0) is 0 Å². The summed E-state index contributed by atoms with van der Waals surface area (Å²) in [7, 11) is 2.16. The molecule has 1 amide bonds. The SMILES string of the molecule is Cc1nc(N2CCN(C)CC2)cc(N2CCN(C(=O)c3ccc(Br)cc3)CC2)n1. The van der Waals surface area contributed by atoms with Crippen LogP contribution in [0, 0.1) is 6.92 Å². The number of likely N-dealkylation sites (N-methyl/N-ethyl adjacent to an activating group) is 1. The van der Waals surface area contributed by atoms with Crippen LogP contribution >= 0.6 is 15.9 Å². The molecule has 0 spiro atoms. The first-order chi connectivity index (χ1) is 14.0. The zero-order valence-corrected chi connectivity index (χ0v) is 18.6. The Labute approximate surface area is 180 Å². The van der Waals surface area contributed by atoms with E-state index in [0.29, 0.717) is 13.1 Å². The van der Waals surface area contributed by atoms with Crippen LogP contribution in [0.15, 0.2) is 34.8 Å². The Kier molecular flexibility index (Phi) is 6.01. The lowest BCUT2D eigenvalue weighted by Gasteiger charge is -2.37. The van der Waals surface area contributed by atoms with Crippen molar-refractivity contribution in [2.75, 3.05) is 69.2 Å². The van der Waals surface area contributed by atoms with Crippen molar-refractivity contribution in [2.24, 2.45) is 0 Å². The highest BCUT2D eigenvalue weighted by atomic mass is 79.9. The number of hydrogen-bond acceptors (Lipinski definition) is 6. The molecular weight excluding hydrogens is 432 g/mol. The summed E-state index contributed by atoms with van der Waals surface area (Å²) in [6, 6.07) is 9.66. The van der Waals surface area contributed by atoms with Gasteiger partial charge in [0.2, 0.25) is 0 Å². The second-order valence-corrected chi connectivity index (χ2v) is 8.62. The lowest BCUT2D eigenvalue weighted by atomic mass is 10.2. The zero-order valence-electron chi connectivity index (χ0n) is 17.0. The summed E-state index contributed by atoms with van der Waals surface area (Å²) in [6.07, 6.45) is 0. The Bertz CT molecular complexity index is 858. The fourth-order valence-electron chi connectivity index (χ4n) is 3.81. The number of piperazine rings is 2. The van der Waals surface area contributed by atoms with Crippen LogP contribution in [0.3, 0.4) is 0 Å². The molecule has 2 fully saturated rings. The number of anilines is 2. The highest BCUT2D eigenvalue weighted by Gasteiger charge is 2.24. The van der Waals surface area contributed by atoms with Crippen molar-refractivity contribution >= 4 is 33.5 Å². The number of carbonyl (C=O) groups excluding carboxylic acids is 1. The molecular formula is C21H27BrN6O. The first-order valence-corrected chi connectivity index (χ1v) is 10.9. The van der Waals surface area contributed by atoms with Gasteiger partial charge in [-0.1, -0.05) is 15.9 Å². The molecule has 2 aromatic rings. The molecule has 2 aliphatic heterocycles. The second kappa shape index (κ2) is 8.67. The van der Waals surface area contributed by atoms with E-state index in [0.717, 1.165) is 66.8 Å². The van der Waals surface area contributed by atoms with E-state index in [-0.39, 0.29) is 5.91 Å². The zero-order chi connectivity index (χ0) is 20.4. The third-order valence-corrected chi connectivity index (χ3v) is 6.15. The van der Waals surface area contributed by atoms with Crippen molar-refractivity contribution < 1.29 is 4.79 Å². The van der Waals surface area contributed by atoms with Crippen LogP contribution in [0.25, 0.3) is 0 Å². The number of nitrogens with zero attached hydrogens (tertiary/aromatic N) is 6. The Morgan fingerprint density at radius 2 is 1.38 bits per heavy atom. The smallest absolute Gasteiger partial charge is 0.253 e. The van der Waals surface area contributed by atoms with Crippen LogP contribution < -0.4 is 9.80 Å². The number of carbonyl (C=O) groups is 1. The molecule has 1 aromatic carbocycles. The van der Waals surface area contributed by atoms with E-state index in [1.165, 1.54) is 0 Å². The van der Waals surface area contributed by atoms with E-state index in [1.54, 1.807) is 0 Å². The van der Waals surface area contributed by atoms with E-state index in [1.807, 2.05) is 36.1 Å². The van der Waals surface area contributed by atoms with Crippen LogP contribution in [0.5, 0.6) is 0 Å². The quantitative estimate of drug-likeness (QED) is 0.702. The summed E-state index contributed by atoms with van der Waals surface area (Å²) >= 11 is 3.42. The molecule has 2 saturated heterocycles. The van der Waals surface area contributed by atoms with Gasteiger partial charge in [0.15, 0.2) is 0 Å². The second-order valence-electron chi connectivity index (χ2n) is 7.71. The van der Waals surface area contributed by atoms with Crippen molar-refractivity contribution in [3.8, 4) is 0 Å². The van der Waals surface area contributed by atoms with Gasteiger partial charge in [-0.15, -0.1) is 0 Å². The molecule has 0 atom stereocenters. The minimum atomic E-state index is 0.0918. The van der Waals surface area contributed by atoms with Crippen molar-refractivity contribution in [3.05, 3.63) is 46.2 Å². The minimum absolute atomic E-state index is 0.0918. The van der Waals surface area contributed by atoms with Gasteiger partial charge in [0, 0.05) is 68.5 Å². The van der Waals surface area contributed by atoms with Gasteiger partial charge in [-0.2, -0.15) is 0 Å². The third kappa shape index (κ3) is 4.70. The van der Waals surface area contributed by atoms with E-state index in [4.69, 9.17) is 0 Å². The minimum Gasteiger partial charge on any atom is -0.354 e. The fourth-order valence-corrected chi connectivity index (χ4v) is 4.07. The van der Waals surface area contributed by atoms with Crippen LogP contribution in [0.4, 0.5) is 11.6 Å². The molecule has 0 N–H and O–H groups in total. The standard InChI is InChI=1S/C21H27BrN6O/c1-16-23-19(26-9-7-25(2)8-10-26)15-20(24-16)27-11-13-28(14-12-27)21(29)17-3-5-18(22)6-4-17/h3-6,15H,7-14H2,1-2H3. The van der Waals surface area contributed by atoms with Gasteiger partial charge >= 0.3 is 0 Å². The highest BCUT2D eigenvalue weighted by molar-refractivity contribution is 9.10. The Morgan fingerprint density at radius 1 is 0.862 bits per heavy atom. The third-order valence-electron chi connectivity index (χ3n) is 5.62. The van der Waals surface area contributed by atoms with Crippen LogP contribution in [0.1, 0.15) is 16.2 Å². The monoisotopic (exact) mass is 458 g/mol. The number of aromatic nitrogens is 2. The Balaban J connectivity index is 1.41. The van der Waals surface area contributed by atoms with Gasteiger partial charge in [-0.25, -0.2) is 9.97 Å². The maximum absolute atomic E-state index is 12.8. The van der Waals surface area contributed by atoms with Crippen molar-refractivity contribution in [1.82, 2.24) is 19.8 Å². The molecule has 1 aromatic heterocycles. The number of benzene rings is 1. The summed E-state index contributed by atoms with van der Waals surface area (Å²) in [4.78, 5) is 31.0. The molecule has 4 rings (SSSR count). The average Bonchev–Trinajstić information content (AvgIpc) is 2.74. The average molecular weight is 459 g/mol. The van der Waals surface area contributed by atoms with Crippen molar-refractivity contribution in [2.45, 2.75) is 6.92 Å². The molecule has 3 heterocycles. The molecule has 154 valence electrons. The first kappa shape index (κ1) is 20.1.